The van der Waals surface area contributed by atoms with Crippen LogP contribution in [0.25, 0.3) is 0 Å². The molecule has 0 radical (unpaired) electrons. The molecule has 0 spiro atoms. The van der Waals surface area contributed by atoms with E-state index in [4.69, 9.17) is 5.41 Å². The highest BCUT2D eigenvalue weighted by Crippen LogP contribution is 1.95. The van der Waals surface area contributed by atoms with E-state index in [1.165, 1.54) is 12.6 Å². The lowest BCUT2D eigenvalue weighted by Gasteiger charge is -1.95. The average molecular weight is 240 g/mol. The number of hydrogen-bond acceptors (Lipinski definition) is 3. The van der Waals surface area contributed by atoms with Crippen LogP contribution in [0, 0.1) is 5.41 Å². The second-order valence-electron chi connectivity index (χ2n) is 3.39. The molecule has 0 amide bonds. The van der Waals surface area contributed by atoms with Crippen LogP contribution < -0.4 is 0 Å². The predicted octanol–water partition coefficient (Wildman–Crippen LogP) is 2.68. The maximum Gasteiger partial charge on any atom is 0.110 e. The van der Waals surface area contributed by atoms with Gasteiger partial charge in [-0.2, -0.15) is 0 Å². The Morgan fingerprint density at radius 2 is 2.22 bits per heavy atom. The first-order valence-corrected chi connectivity index (χ1v) is 5.61. The van der Waals surface area contributed by atoms with Crippen LogP contribution in [-0.2, 0) is 0 Å². The maximum atomic E-state index is 6.78. The number of aromatic nitrogens is 1. The zero-order valence-electron chi connectivity index (χ0n) is 10.3. The van der Waals surface area contributed by atoms with Crippen LogP contribution in [0.15, 0.2) is 58.7 Å². The second kappa shape index (κ2) is 8.75. The molecule has 1 N–H and O–H groups in total. The standard InChI is InChI=1S/C14H16N4/c1-13(14-8-4-7-11-17-14)18-12-16-10-6-3-2-5-9-15/h2-9,11-12,15H,10H2,1H3/b5-2-,6-3+,15-9?,16-12?,18-13?. The lowest BCUT2D eigenvalue weighted by molar-refractivity contribution is 1.24. The minimum Gasteiger partial charge on any atom is -0.309 e. The van der Waals surface area contributed by atoms with Crippen molar-refractivity contribution in [3.63, 3.8) is 0 Å². The molecule has 1 rings (SSSR count). The van der Waals surface area contributed by atoms with Gasteiger partial charge in [0.15, 0.2) is 0 Å². The minimum absolute atomic E-state index is 0.571. The van der Waals surface area contributed by atoms with E-state index in [9.17, 15) is 0 Å². The topological polar surface area (TPSA) is 61.5 Å². The molecule has 0 aliphatic heterocycles. The average Bonchev–Trinajstić information content (AvgIpc) is 2.42. The van der Waals surface area contributed by atoms with Crippen LogP contribution in [0.4, 0.5) is 0 Å². The molecule has 4 heteroatoms. The van der Waals surface area contributed by atoms with Gasteiger partial charge in [-0.3, -0.25) is 9.98 Å². The van der Waals surface area contributed by atoms with Crippen molar-refractivity contribution < 1.29 is 0 Å². The summed E-state index contributed by atoms with van der Waals surface area (Å²) in [5, 5.41) is 6.78. The van der Waals surface area contributed by atoms with Gasteiger partial charge < -0.3 is 5.41 Å². The molecule has 0 saturated heterocycles. The summed E-state index contributed by atoms with van der Waals surface area (Å²) in [5.41, 5.74) is 1.69. The molecule has 1 aromatic heterocycles. The highest BCUT2D eigenvalue weighted by molar-refractivity contribution is 6.00. The molecule has 92 valence electrons. The molecule has 0 saturated carbocycles. The number of rotatable bonds is 6. The van der Waals surface area contributed by atoms with Crippen molar-refractivity contribution >= 4 is 18.3 Å². The molecule has 0 atom stereocenters. The first-order chi connectivity index (χ1) is 8.84. The Hall–Kier alpha value is -2.36. The van der Waals surface area contributed by atoms with E-state index in [0.29, 0.717) is 6.54 Å². The fraction of sp³-hybridized carbons (Fsp3) is 0.143. The molecule has 0 fully saturated rings. The van der Waals surface area contributed by atoms with Crippen molar-refractivity contribution in [3.05, 3.63) is 54.4 Å². The summed E-state index contributed by atoms with van der Waals surface area (Å²) in [6, 6.07) is 5.71. The Balaban J connectivity index is 2.42. The van der Waals surface area contributed by atoms with Crippen molar-refractivity contribution in [1.82, 2.24) is 4.98 Å². The third-order valence-electron chi connectivity index (χ3n) is 2.03. The van der Waals surface area contributed by atoms with E-state index in [1.54, 1.807) is 18.3 Å². The monoisotopic (exact) mass is 240 g/mol. The summed E-state index contributed by atoms with van der Waals surface area (Å²) >= 11 is 0. The molecule has 1 aromatic rings. The number of allylic oxidation sites excluding steroid dienone is 3. The largest absolute Gasteiger partial charge is 0.309 e. The number of nitrogens with one attached hydrogen (secondary N) is 1. The highest BCUT2D eigenvalue weighted by Gasteiger charge is 1.94. The van der Waals surface area contributed by atoms with Gasteiger partial charge in [-0.1, -0.05) is 24.3 Å². The Morgan fingerprint density at radius 1 is 1.33 bits per heavy atom. The Morgan fingerprint density at radius 3 is 2.94 bits per heavy atom. The van der Waals surface area contributed by atoms with Crippen LogP contribution in [0.1, 0.15) is 12.6 Å². The van der Waals surface area contributed by atoms with Crippen molar-refractivity contribution in [2.75, 3.05) is 6.54 Å². The number of pyridine rings is 1. The summed E-state index contributed by atoms with van der Waals surface area (Å²) in [6.07, 6.45) is 11.7. The zero-order chi connectivity index (χ0) is 13.1. The number of aliphatic imine (C=N–C) groups is 2. The van der Waals surface area contributed by atoms with Gasteiger partial charge in [0.2, 0.25) is 0 Å². The number of nitrogens with zero attached hydrogens (tertiary/aromatic N) is 3. The normalized spacial score (nSPS) is 12.8. The Labute approximate surface area is 107 Å². The summed E-state index contributed by atoms with van der Waals surface area (Å²) < 4.78 is 0. The molecule has 0 aromatic carbocycles. The molecular formula is C14H16N4. The van der Waals surface area contributed by atoms with Crippen LogP contribution >= 0.6 is 0 Å². The minimum atomic E-state index is 0.571. The van der Waals surface area contributed by atoms with E-state index in [1.807, 2.05) is 37.3 Å². The van der Waals surface area contributed by atoms with Crippen molar-refractivity contribution in [3.8, 4) is 0 Å². The van der Waals surface area contributed by atoms with E-state index < -0.39 is 0 Å². The molecule has 0 aliphatic rings. The quantitative estimate of drug-likeness (QED) is 0.464. The summed E-state index contributed by atoms with van der Waals surface area (Å²) in [4.78, 5) is 12.5. The molecule has 0 aliphatic carbocycles. The van der Waals surface area contributed by atoms with Gasteiger partial charge in [-0.05, 0) is 25.1 Å². The summed E-state index contributed by atoms with van der Waals surface area (Å²) in [5.74, 6) is 0. The molecule has 0 bridgehead atoms. The molecule has 18 heavy (non-hydrogen) atoms. The Bertz CT molecular complexity index is 470. The van der Waals surface area contributed by atoms with Crippen molar-refractivity contribution in [2.24, 2.45) is 9.98 Å². The summed E-state index contributed by atoms with van der Waals surface area (Å²) in [6.45, 7) is 2.47. The van der Waals surface area contributed by atoms with Crippen molar-refractivity contribution in [2.45, 2.75) is 6.92 Å². The smallest absolute Gasteiger partial charge is 0.110 e. The lowest BCUT2D eigenvalue weighted by Crippen LogP contribution is -1.97. The van der Waals surface area contributed by atoms with Crippen LogP contribution in [0.5, 0.6) is 0 Å². The highest BCUT2D eigenvalue weighted by atomic mass is 14.9. The molecule has 0 unspecified atom stereocenters. The van der Waals surface area contributed by atoms with Gasteiger partial charge in [-0.15, -0.1) is 0 Å². The predicted molar refractivity (Wildman–Crippen MR) is 76.9 cm³/mol. The van der Waals surface area contributed by atoms with Gasteiger partial charge >= 0.3 is 0 Å². The third kappa shape index (κ3) is 5.65. The lowest BCUT2D eigenvalue weighted by atomic mass is 10.3. The SMILES string of the molecule is CC(=NC=NC/C=C/C=C\C=N)c1ccccn1. The van der Waals surface area contributed by atoms with E-state index in [-0.39, 0.29) is 0 Å². The molecular weight excluding hydrogens is 224 g/mol. The van der Waals surface area contributed by atoms with E-state index >= 15 is 0 Å². The van der Waals surface area contributed by atoms with Crippen molar-refractivity contribution in [1.29, 1.82) is 5.41 Å². The number of hydrogen-bond donors (Lipinski definition) is 1. The third-order valence-corrected chi connectivity index (χ3v) is 2.03. The first-order valence-electron chi connectivity index (χ1n) is 5.61. The fourth-order valence-corrected chi connectivity index (χ4v) is 1.14. The maximum absolute atomic E-state index is 6.78. The van der Waals surface area contributed by atoms with E-state index in [0.717, 1.165) is 11.4 Å². The van der Waals surface area contributed by atoms with E-state index in [2.05, 4.69) is 15.0 Å². The summed E-state index contributed by atoms with van der Waals surface area (Å²) in [7, 11) is 0. The van der Waals surface area contributed by atoms with Crippen LogP contribution in [-0.4, -0.2) is 29.8 Å². The van der Waals surface area contributed by atoms with Gasteiger partial charge in [0.05, 0.1) is 18.0 Å². The molecule has 1 heterocycles. The van der Waals surface area contributed by atoms with Crippen LogP contribution in [0.2, 0.25) is 0 Å². The Kier molecular flexibility index (Phi) is 6.66. The first kappa shape index (κ1) is 13.7. The fourth-order valence-electron chi connectivity index (χ4n) is 1.14. The zero-order valence-corrected chi connectivity index (χ0v) is 10.3. The van der Waals surface area contributed by atoms with Crippen LogP contribution in [0.3, 0.4) is 0 Å². The van der Waals surface area contributed by atoms with Gasteiger partial charge in [0.1, 0.15) is 6.34 Å². The second-order valence-corrected chi connectivity index (χ2v) is 3.39. The van der Waals surface area contributed by atoms with Gasteiger partial charge in [0, 0.05) is 12.4 Å². The van der Waals surface area contributed by atoms with Gasteiger partial charge in [0.25, 0.3) is 0 Å². The molecule has 4 nitrogen and oxygen atoms in total. The van der Waals surface area contributed by atoms with Gasteiger partial charge in [-0.25, -0.2) is 4.99 Å².